The van der Waals surface area contributed by atoms with Gasteiger partial charge in [0.15, 0.2) is 0 Å². The summed E-state index contributed by atoms with van der Waals surface area (Å²) in [5.41, 5.74) is 2.27. The van der Waals surface area contributed by atoms with Crippen molar-refractivity contribution in [2.75, 3.05) is 6.61 Å². The molecule has 3 aliphatic carbocycles. The van der Waals surface area contributed by atoms with Gasteiger partial charge < -0.3 is 14.6 Å². The third kappa shape index (κ3) is 3.16. The first-order valence-electron chi connectivity index (χ1n) is 10.5. The lowest BCUT2D eigenvalue weighted by Crippen LogP contribution is -2.55. The Balaban J connectivity index is 1.50. The highest BCUT2D eigenvalue weighted by Gasteiger charge is 2.56. The summed E-state index contributed by atoms with van der Waals surface area (Å²) in [6.07, 6.45) is 11.4. The maximum atomic E-state index is 11.6. The third-order valence-electron chi connectivity index (χ3n) is 7.82. The number of fused-ring (bicyclic) bond motifs is 2. The second kappa shape index (κ2) is 6.91. The minimum absolute atomic E-state index is 0.0827. The molecule has 4 rings (SSSR count). The van der Waals surface area contributed by atoms with E-state index in [0.717, 1.165) is 37.0 Å². The van der Waals surface area contributed by atoms with Crippen molar-refractivity contribution in [3.63, 3.8) is 0 Å². The molecule has 0 radical (unpaired) electrons. The van der Waals surface area contributed by atoms with Gasteiger partial charge in [-0.25, -0.2) is 0 Å². The van der Waals surface area contributed by atoms with Crippen molar-refractivity contribution in [1.29, 1.82) is 0 Å². The molecule has 0 aromatic carbocycles. The first-order chi connectivity index (χ1) is 13.2. The van der Waals surface area contributed by atoms with Gasteiger partial charge in [-0.05, 0) is 54.1 Å². The molecule has 0 amide bonds. The van der Waals surface area contributed by atoms with E-state index in [2.05, 4.69) is 27.4 Å². The zero-order chi connectivity index (χ0) is 20.1. The number of carbonyl (C=O) groups excluding carboxylic acids is 1. The van der Waals surface area contributed by atoms with E-state index in [1.807, 2.05) is 24.3 Å². The van der Waals surface area contributed by atoms with Gasteiger partial charge in [0.05, 0.1) is 19.1 Å². The zero-order valence-electron chi connectivity index (χ0n) is 17.2. The van der Waals surface area contributed by atoms with Crippen LogP contribution < -0.4 is 0 Å². The summed E-state index contributed by atoms with van der Waals surface area (Å²) in [5, 5.41) is 10.6. The number of hydrogen-bond acceptors (Lipinski definition) is 4. The number of rotatable bonds is 3. The quantitative estimate of drug-likeness (QED) is 0.576. The molecule has 1 heterocycles. The van der Waals surface area contributed by atoms with Crippen LogP contribution in [0.25, 0.3) is 0 Å². The normalized spacial score (nSPS) is 39.3. The molecule has 0 spiro atoms. The summed E-state index contributed by atoms with van der Waals surface area (Å²) >= 11 is 0. The monoisotopic (exact) mass is 384 g/mol. The van der Waals surface area contributed by atoms with Crippen LogP contribution in [0, 0.1) is 22.7 Å². The Bertz CT molecular complexity index is 771. The zero-order valence-corrected chi connectivity index (χ0v) is 17.2. The molecule has 1 aliphatic heterocycles. The standard InChI is InChI=1S/C24H32O4/c1-15-5-9-20-23(2,3)21(25)11-12-24(20,4)18(15)14-27-17-8-6-16-7-10-22(26)28-19(16)13-17/h6-8,13,18-21,25H,1,5,9-12,14H2,2-4H3/t18-,19-,20+,21+,24+/m1/s1. The second-order valence-electron chi connectivity index (χ2n) is 9.72. The summed E-state index contributed by atoms with van der Waals surface area (Å²) in [6, 6.07) is 0. The van der Waals surface area contributed by atoms with Gasteiger partial charge >= 0.3 is 5.97 Å². The van der Waals surface area contributed by atoms with Crippen LogP contribution in [-0.2, 0) is 14.3 Å². The molecule has 4 nitrogen and oxygen atoms in total. The highest BCUT2D eigenvalue weighted by atomic mass is 16.5. The first-order valence-corrected chi connectivity index (χ1v) is 10.5. The maximum Gasteiger partial charge on any atom is 0.310 e. The number of aliphatic hydroxyl groups excluding tert-OH is 1. The Labute approximate surface area is 168 Å². The van der Waals surface area contributed by atoms with Gasteiger partial charge in [-0.3, -0.25) is 4.79 Å². The van der Waals surface area contributed by atoms with Crippen molar-refractivity contribution < 1.29 is 19.4 Å². The summed E-state index contributed by atoms with van der Waals surface area (Å²) in [6.45, 7) is 11.7. The second-order valence-corrected chi connectivity index (χ2v) is 9.72. The van der Waals surface area contributed by atoms with Crippen LogP contribution in [-0.4, -0.2) is 29.9 Å². The lowest BCUT2D eigenvalue weighted by molar-refractivity contribution is -0.145. The Morgan fingerprint density at radius 3 is 2.86 bits per heavy atom. The van der Waals surface area contributed by atoms with Crippen molar-refractivity contribution in [3.8, 4) is 0 Å². The summed E-state index contributed by atoms with van der Waals surface area (Å²) in [5.74, 6) is 1.27. The Morgan fingerprint density at radius 1 is 1.29 bits per heavy atom. The van der Waals surface area contributed by atoms with Crippen LogP contribution in [0.2, 0.25) is 0 Å². The number of hydrogen-bond donors (Lipinski definition) is 1. The first kappa shape index (κ1) is 19.5. The molecule has 4 heteroatoms. The molecule has 28 heavy (non-hydrogen) atoms. The van der Waals surface area contributed by atoms with Gasteiger partial charge in [0.2, 0.25) is 0 Å². The van der Waals surface area contributed by atoms with Gasteiger partial charge in [-0.2, -0.15) is 0 Å². The molecule has 152 valence electrons. The Hall–Kier alpha value is -1.81. The molecule has 5 atom stereocenters. The fraction of sp³-hybridized carbons (Fsp3) is 0.625. The van der Waals surface area contributed by atoms with Crippen LogP contribution in [0.4, 0.5) is 0 Å². The van der Waals surface area contributed by atoms with Gasteiger partial charge in [-0.1, -0.05) is 45.1 Å². The van der Waals surface area contributed by atoms with Crippen LogP contribution >= 0.6 is 0 Å². The molecular weight excluding hydrogens is 352 g/mol. The minimum atomic E-state index is -0.331. The fourth-order valence-electron chi connectivity index (χ4n) is 6.00. The average Bonchev–Trinajstić information content (AvgIpc) is 2.64. The van der Waals surface area contributed by atoms with E-state index in [9.17, 15) is 9.90 Å². The van der Waals surface area contributed by atoms with E-state index in [4.69, 9.17) is 9.47 Å². The molecule has 0 bridgehead atoms. The van der Waals surface area contributed by atoms with Crippen LogP contribution in [0.3, 0.4) is 0 Å². The minimum Gasteiger partial charge on any atom is -0.493 e. The van der Waals surface area contributed by atoms with E-state index in [1.54, 1.807) is 0 Å². The van der Waals surface area contributed by atoms with E-state index in [1.165, 1.54) is 5.57 Å². The summed E-state index contributed by atoms with van der Waals surface area (Å²) in [7, 11) is 0. The van der Waals surface area contributed by atoms with E-state index in [0.29, 0.717) is 18.9 Å². The van der Waals surface area contributed by atoms with E-state index >= 15 is 0 Å². The molecular formula is C24H32O4. The van der Waals surface area contributed by atoms with Crippen molar-refractivity contribution in [2.24, 2.45) is 22.7 Å². The predicted octanol–water partition coefficient (Wildman–Crippen LogP) is 4.47. The number of esters is 1. The molecule has 0 unspecified atom stereocenters. The summed E-state index contributed by atoms with van der Waals surface area (Å²) < 4.78 is 11.6. The van der Waals surface area contributed by atoms with Crippen LogP contribution in [0.1, 0.15) is 52.9 Å². The van der Waals surface area contributed by atoms with Crippen LogP contribution in [0.5, 0.6) is 0 Å². The lowest BCUT2D eigenvalue weighted by atomic mass is 9.47. The van der Waals surface area contributed by atoms with Gasteiger partial charge in [-0.15, -0.1) is 0 Å². The Kier molecular flexibility index (Phi) is 4.81. The fourth-order valence-corrected chi connectivity index (χ4v) is 6.00. The van der Waals surface area contributed by atoms with Crippen molar-refractivity contribution in [2.45, 2.75) is 65.1 Å². The van der Waals surface area contributed by atoms with Crippen molar-refractivity contribution in [3.05, 3.63) is 47.8 Å². The molecule has 0 saturated heterocycles. The highest BCUT2D eigenvalue weighted by Crippen LogP contribution is 2.60. The largest absolute Gasteiger partial charge is 0.493 e. The number of carbonyl (C=O) groups is 1. The number of aliphatic hydroxyl groups is 1. The molecule has 2 saturated carbocycles. The number of ether oxygens (including phenoxy) is 2. The smallest absolute Gasteiger partial charge is 0.310 e. The van der Waals surface area contributed by atoms with Crippen molar-refractivity contribution in [1.82, 2.24) is 0 Å². The van der Waals surface area contributed by atoms with Crippen LogP contribution in [0.15, 0.2) is 47.8 Å². The van der Waals surface area contributed by atoms with E-state index in [-0.39, 0.29) is 34.9 Å². The van der Waals surface area contributed by atoms with E-state index < -0.39 is 0 Å². The predicted molar refractivity (Wildman–Crippen MR) is 108 cm³/mol. The number of allylic oxidation sites excluding steroid dienone is 1. The Morgan fingerprint density at radius 2 is 2.07 bits per heavy atom. The van der Waals surface area contributed by atoms with Gasteiger partial charge in [0.25, 0.3) is 0 Å². The van der Waals surface area contributed by atoms with Crippen molar-refractivity contribution >= 4 is 5.97 Å². The molecule has 2 fully saturated rings. The molecule has 1 N–H and O–H groups in total. The molecule has 0 aromatic rings. The third-order valence-corrected chi connectivity index (χ3v) is 7.82. The SMILES string of the molecule is C=C1CC[C@H]2C(C)(C)[C@@H](O)CC[C@@]2(C)[C@@H]1COC1=C[C@H]2OC(=O)CC=C2C=C1. The lowest BCUT2D eigenvalue weighted by Gasteiger charge is -2.59. The summed E-state index contributed by atoms with van der Waals surface area (Å²) in [4.78, 5) is 11.6. The van der Waals surface area contributed by atoms with Gasteiger partial charge in [0, 0.05) is 12.0 Å². The van der Waals surface area contributed by atoms with Gasteiger partial charge in [0.1, 0.15) is 11.9 Å². The topological polar surface area (TPSA) is 55.8 Å². The molecule has 0 aromatic heterocycles. The highest BCUT2D eigenvalue weighted by molar-refractivity contribution is 5.74. The average molecular weight is 385 g/mol. The molecule has 4 aliphatic rings. The maximum absolute atomic E-state index is 11.6.